The van der Waals surface area contributed by atoms with E-state index in [1.54, 1.807) is 0 Å². The highest BCUT2D eigenvalue weighted by atomic mass is 14.2. The van der Waals surface area contributed by atoms with Crippen LogP contribution in [0.1, 0.15) is 148 Å². The highest BCUT2D eigenvalue weighted by molar-refractivity contribution is 5.17. The Balaban J connectivity index is 0.000000136. The van der Waals surface area contributed by atoms with Gasteiger partial charge in [0.2, 0.25) is 0 Å². The van der Waals surface area contributed by atoms with E-state index in [0.717, 1.165) is 5.92 Å². The molecule has 0 unspecified atom stereocenters. The summed E-state index contributed by atoms with van der Waals surface area (Å²) in [6.07, 6.45) is 40.3. The molecule has 5 aliphatic carbocycles. The Morgan fingerprint density at radius 3 is 1.33 bits per heavy atom. The predicted molar refractivity (Wildman–Crippen MR) is 134 cm³/mol. The van der Waals surface area contributed by atoms with Gasteiger partial charge in [-0.05, 0) is 121 Å². The van der Waals surface area contributed by atoms with Gasteiger partial charge in [0, 0.05) is 0 Å². The van der Waals surface area contributed by atoms with E-state index in [4.69, 9.17) is 0 Å². The minimum Gasteiger partial charge on any atom is -0.0885 e. The molecule has 0 spiro atoms. The van der Waals surface area contributed by atoms with Gasteiger partial charge in [-0.1, -0.05) is 67.1 Å². The summed E-state index contributed by atoms with van der Waals surface area (Å²) < 4.78 is 0. The molecule has 170 valence electrons. The van der Waals surface area contributed by atoms with Crippen molar-refractivity contribution in [3.8, 4) is 0 Å². The van der Waals surface area contributed by atoms with Crippen molar-refractivity contribution in [2.45, 2.75) is 148 Å². The van der Waals surface area contributed by atoms with Crippen molar-refractivity contribution < 1.29 is 0 Å². The quantitative estimate of drug-likeness (QED) is 0.377. The van der Waals surface area contributed by atoms with Crippen molar-refractivity contribution in [2.24, 2.45) is 5.92 Å². The third-order valence-electron chi connectivity index (χ3n) is 8.03. The fourth-order valence-electron chi connectivity index (χ4n) is 6.13. The first kappa shape index (κ1) is 23.9. The lowest BCUT2D eigenvalue weighted by Gasteiger charge is -2.26. The average molecular weight is 411 g/mol. The van der Waals surface area contributed by atoms with Crippen molar-refractivity contribution in [3.05, 3.63) is 34.9 Å². The number of allylic oxidation sites excluding steroid dienone is 6. The highest BCUT2D eigenvalue weighted by Gasteiger charge is 2.18. The molecule has 0 saturated heterocycles. The van der Waals surface area contributed by atoms with Gasteiger partial charge in [-0.15, -0.1) is 0 Å². The van der Waals surface area contributed by atoms with Crippen molar-refractivity contribution in [1.82, 2.24) is 0 Å². The van der Waals surface area contributed by atoms with Crippen LogP contribution in [0.2, 0.25) is 0 Å². The molecule has 0 amide bonds. The van der Waals surface area contributed by atoms with Gasteiger partial charge < -0.3 is 0 Å². The molecule has 0 atom stereocenters. The summed E-state index contributed by atoms with van der Waals surface area (Å²) in [5, 5.41) is 0. The zero-order valence-electron chi connectivity index (χ0n) is 20.1. The summed E-state index contributed by atoms with van der Waals surface area (Å²) >= 11 is 0. The van der Waals surface area contributed by atoms with Crippen molar-refractivity contribution >= 4 is 0 Å². The molecule has 3 fully saturated rings. The minimum atomic E-state index is 0.999. The zero-order valence-corrected chi connectivity index (χ0v) is 20.1. The molecule has 0 aromatic heterocycles. The van der Waals surface area contributed by atoms with E-state index in [-0.39, 0.29) is 0 Å². The van der Waals surface area contributed by atoms with Gasteiger partial charge >= 0.3 is 0 Å². The third-order valence-corrected chi connectivity index (χ3v) is 8.03. The fraction of sp³-hybridized carbons (Fsp3) is 0.800. The van der Waals surface area contributed by atoms with Crippen molar-refractivity contribution in [3.63, 3.8) is 0 Å². The minimum absolute atomic E-state index is 0.999. The molecule has 0 heteroatoms. The number of hydrogen-bond donors (Lipinski definition) is 0. The lowest BCUT2D eigenvalue weighted by Crippen LogP contribution is -2.10. The first-order valence-electron chi connectivity index (χ1n) is 14.0. The Labute approximate surface area is 188 Å². The summed E-state index contributed by atoms with van der Waals surface area (Å²) in [6.45, 7) is 0. The van der Waals surface area contributed by atoms with Gasteiger partial charge in [0.15, 0.2) is 0 Å². The molecule has 0 aromatic rings. The number of rotatable bonds is 1. The van der Waals surface area contributed by atoms with Crippen LogP contribution < -0.4 is 0 Å². The largest absolute Gasteiger partial charge is 0.0885 e. The monoisotopic (exact) mass is 410 g/mol. The Morgan fingerprint density at radius 1 is 0.433 bits per heavy atom. The van der Waals surface area contributed by atoms with Gasteiger partial charge in [-0.2, -0.15) is 0 Å². The average Bonchev–Trinajstić information content (AvgIpc) is 2.88. The van der Waals surface area contributed by atoms with Crippen molar-refractivity contribution in [1.29, 1.82) is 0 Å². The Morgan fingerprint density at radius 2 is 0.900 bits per heavy atom. The molecular weight excluding hydrogens is 360 g/mol. The van der Waals surface area contributed by atoms with Crippen LogP contribution in [0.5, 0.6) is 0 Å². The Kier molecular flexibility index (Phi) is 12.0. The highest BCUT2D eigenvalue weighted by Crippen LogP contribution is 2.35. The topological polar surface area (TPSA) is 0 Å². The van der Waals surface area contributed by atoms with E-state index >= 15 is 0 Å². The second-order valence-electron chi connectivity index (χ2n) is 10.4. The molecular formula is C30H50. The molecule has 0 radical (unpaired) electrons. The second kappa shape index (κ2) is 15.1. The van der Waals surface area contributed by atoms with Crippen LogP contribution in [0.25, 0.3) is 0 Å². The van der Waals surface area contributed by atoms with Crippen LogP contribution in [0.4, 0.5) is 0 Å². The molecule has 0 N–H and O–H groups in total. The molecule has 5 aliphatic rings. The molecule has 30 heavy (non-hydrogen) atoms. The number of hydrogen-bond acceptors (Lipinski definition) is 0. The van der Waals surface area contributed by atoms with Crippen molar-refractivity contribution in [2.75, 3.05) is 0 Å². The molecule has 0 nitrogen and oxygen atoms in total. The first-order chi connectivity index (χ1) is 14.9. The summed E-state index contributed by atoms with van der Waals surface area (Å²) in [5.41, 5.74) is 5.54. The van der Waals surface area contributed by atoms with E-state index in [9.17, 15) is 0 Å². The molecule has 0 aromatic carbocycles. The van der Waals surface area contributed by atoms with E-state index in [2.05, 4.69) is 18.2 Å². The second-order valence-corrected chi connectivity index (χ2v) is 10.4. The van der Waals surface area contributed by atoms with Crippen LogP contribution in [-0.4, -0.2) is 0 Å². The zero-order chi connectivity index (χ0) is 20.7. The lowest BCUT2D eigenvalue weighted by molar-refractivity contribution is 0.387. The molecule has 0 heterocycles. The summed E-state index contributed by atoms with van der Waals surface area (Å²) in [5.74, 6) is 0.999. The third kappa shape index (κ3) is 9.15. The maximum absolute atomic E-state index is 2.54. The van der Waals surface area contributed by atoms with E-state index in [1.807, 2.05) is 16.7 Å². The van der Waals surface area contributed by atoms with E-state index in [0.29, 0.717) is 0 Å². The van der Waals surface area contributed by atoms with Crippen LogP contribution in [0.3, 0.4) is 0 Å². The fourth-order valence-corrected chi connectivity index (χ4v) is 6.13. The van der Waals surface area contributed by atoms with Crippen LogP contribution in [0.15, 0.2) is 34.9 Å². The molecule has 3 saturated carbocycles. The summed E-state index contributed by atoms with van der Waals surface area (Å²) in [4.78, 5) is 0. The van der Waals surface area contributed by atoms with Gasteiger partial charge in [-0.3, -0.25) is 0 Å². The Hall–Kier alpha value is -0.780. The molecule has 0 bridgehead atoms. The summed E-state index contributed by atoms with van der Waals surface area (Å²) in [6, 6.07) is 0. The molecule has 5 rings (SSSR count). The normalized spacial score (nSPS) is 25.4. The van der Waals surface area contributed by atoms with Crippen LogP contribution in [0, 0.1) is 5.92 Å². The Bertz CT molecular complexity index is 496. The van der Waals surface area contributed by atoms with Crippen LogP contribution in [-0.2, 0) is 0 Å². The predicted octanol–water partition coefficient (Wildman–Crippen LogP) is 10.4. The van der Waals surface area contributed by atoms with Gasteiger partial charge in [-0.25, -0.2) is 0 Å². The van der Waals surface area contributed by atoms with Gasteiger partial charge in [0.25, 0.3) is 0 Å². The first-order valence-corrected chi connectivity index (χ1v) is 14.0. The van der Waals surface area contributed by atoms with E-state index in [1.165, 1.54) is 148 Å². The van der Waals surface area contributed by atoms with Crippen LogP contribution >= 0.6 is 0 Å². The lowest BCUT2D eigenvalue weighted by atomic mass is 9.80. The summed E-state index contributed by atoms with van der Waals surface area (Å²) in [7, 11) is 0. The van der Waals surface area contributed by atoms with Gasteiger partial charge in [0.1, 0.15) is 0 Å². The smallest absolute Gasteiger partial charge is 0.0203 e. The molecule has 0 aliphatic heterocycles. The van der Waals surface area contributed by atoms with Gasteiger partial charge in [0.05, 0.1) is 0 Å². The maximum atomic E-state index is 2.54. The van der Waals surface area contributed by atoms with E-state index < -0.39 is 0 Å². The maximum Gasteiger partial charge on any atom is -0.0203 e. The SMILES string of the molecule is C1=C(C2CCCCC2)CCCC1.C1=CCCCC1.C1CCC(=C2CCCCC2)CC1. The standard InChI is InChI=1S/2C12H20.C6H10/c2*1-3-7-11(8-4-1)12-9-5-2-6-10-12;1-2-4-6-5-3-1/h1-10H2;7,12H,1-6,8-10H2;1-2H,3-6H2.